The third kappa shape index (κ3) is 8.14. The number of amides is 1. The number of rotatable bonds is 11. The summed E-state index contributed by atoms with van der Waals surface area (Å²) in [6.45, 7) is 6.21. The molecular weight excluding hydrogens is 887 g/mol. The fourth-order valence-electron chi connectivity index (χ4n) is 11.2. The molecule has 2 heterocycles. The lowest BCUT2D eigenvalue weighted by Gasteiger charge is -2.68. The van der Waals surface area contributed by atoms with Crippen LogP contribution in [0.5, 0.6) is 0 Å². The number of aliphatic hydroxyl groups is 6. The predicted molar refractivity (Wildman–Crippen MR) is 235 cm³/mol. The largest absolute Gasteiger partial charge is 0.456 e. The molecule has 8 rings (SSSR count). The first-order chi connectivity index (χ1) is 32.2. The molecular formula is C50H57NO17. The third-order valence-corrected chi connectivity index (χ3v) is 14.9. The van der Waals surface area contributed by atoms with Crippen molar-refractivity contribution in [3.8, 4) is 0 Å². The van der Waals surface area contributed by atoms with Gasteiger partial charge in [-0.15, -0.1) is 0 Å². The van der Waals surface area contributed by atoms with Gasteiger partial charge in [0.05, 0.1) is 42.3 Å². The summed E-state index contributed by atoms with van der Waals surface area (Å²) < 4.78 is 36.8. The van der Waals surface area contributed by atoms with Crippen LogP contribution in [-0.4, -0.2) is 146 Å². The van der Waals surface area contributed by atoms with Crippen LogP contribution in [-0.2, 0) is 42.8 Å². The van der Waals surface area contributed by atoms with Gasteiger partial charge in [0.1, 0.15) is 48.3 Å². The van der Waals surface area contributed by atoms with E-state index < -0.39 is 138 Å². The number of ether oxygens (including phenoxy) is 6. The van der Waals surface area contributed by atoms with Crippen LogP contribution in [0, 0.1) is 16.7 Å². The topological polar surface area (TPSA) is 274 Å². The number of aliphatic hydroxyl groups excluding tert-OH is 5. The fourth-order valence-corrected chi connectivity index (χ4v) is 11.2. The second-order valence-electron chi connectivity index (χ2n) is 19.1. The van der Waals surface area contributed by atoms with E-state index in [1.54, 1.807) is 78.9 Å². The van der Waals surface area contributed by atoms with Gasteiger partial charge >= 0.3 is 17.9 Å². The Kier molecular flexibility index (Phi) is 13.3. The summed E-state index contributed by atoms with van der Waals surface area (Å²) in [5, 5.41) is 72.9. The number of ketones is 1. The maximum absolute atomic E-state index is 15.7. The molecule has 2 saturated heterocycles. The highest BCUT2D eigenvalue weighted by Crippen LogP contribution is 2.65. The Morgan fingerprint density at radius 1 is 0.824 bits per heavy atom. The summed E-state index contributed by atoms with van der Waals surface area (Å²) >= 11 is 0. The Bertz CT molecular complexity index is 2430. The number of carbonyl (C=O) groups is 5. The van der Waals surface area contributed by atoms with E-state index in [1.807, 2.05) is 0 Å². The standard InChI is InChI=1S/C50H57NO17/c1-25-31(65-45(61)38(56)35(27-15-9-6-10-16-27)51-43(59)28-17-11-7-12-18-28)22-50(62)42(67-44(60)29-19-13-8-14-20-29)40-48(5,41(58)37(55)34(25)47(50,3)4)32(21-33-49(40,24-64-33)68-26(2)52)66-46-39(57)36(54)30(53)23-63-46/h6-20,30-33,35-40,42,46,53-57,62H,21-24H2,1-5H3,(H,51,59)/t30-,31+,32+,33-,35+,36+,37-,38-,39-,40+,42+,46?,48-,49+,50-/m1/s1. The average Bonchev–Trinajstić information content (AvgIpc) is 3.31. The lowest BCUT2D eigenvalue weighted by Crippen LogP contribution is -2.82. The Labute approximate surface area is 391 Å². The first-order valence-corrected chi connectivity index (χ1v) is 22.5. The molecule has 5 aliphatic rings. The molecule has 7 N–H and O–H groups in total. The summed E-state index contributed by atoms with van der Waals surface area (Å²) in [4.78, 5) is 71.3. The zero-order valence-electron chi connectivity index (χ0n) is 38.1. The van der Waals surface area contributed by atoms with Crippen LogP contribution in [0.15, 0.2) is 102 Å². The second kappa shape index (κ2) is 18.5. The highest BCUT2D eigenvalue weighted by Gasteiger charge is 2.78. The van der Waals surface area contributed by atoms with Gasteiger partial charge in [-0.1, -0.05) is 80.6 Å². The first kappa shape index (κ1) is 49.0. The molecule has 68 heavy (non-hydrogen) atoms. The molecule has 2 bridgehead atoms. The van der Waals surface area contributed by atoms with E-state index in [-0.39, 0.29) is 35.3 Å². The van der Waals surface area contributed by atoms with Crippen molar-refractivity contribution < 1.29 is 83.0 Å². The van der Waals surface area contributed by atoms with Gasteiger partial charge in [0.25, 0.3) is 5.91 Å². The van der Waals surface area contributed by atoms with E-state index in [0.717, 1.165) is 6.92 Å². The Morgan fingerprint density at radius 3 is 2.01 bits per heavy atom. The minimum atomic E-state index is -2.47. The summed E-state index contributed by atoms with van der Waals surface area (Å²) in [5.41, 5.74) is -7.60. The molecule has 2 aliphatic heterocycles. The zero-order chi connectivity index (χ0) is 49.1. The monoisotopic (exact) mass is 943 g/mol. The van der Waals surface area contributed by atoms with Crippen molar-refractivity contribution in [3.05, 3.63) is 119 Å². The van der Waals surface area contributed by atoms with E-state index in [4.69, 9.17) is 28.4 Å². The number of fused-ring (bicyclic) bond motifs is 5. The smallest absolute Gasteiger partial charge is 0.338 e. The average molecular weight is 944 g/mol. The van der Waals surface area contributed by atoms with Crippen molar-refractivity contribution in [2.24, 2.45) is 16.7 Å². The molecule has 15 atom stereocenters. The third-order valence-electron chi connectivity index (χ3n) is 14.9. The van der Waals surface area contributed by atoms with Crippen LogP contribution in [0.25, 0.3) is 0 Å². The number of nitrogens with one attached hydrogen (secondary N) is 1. The lowest BCUT2D eigenvalue weighted by molar-refractivity contribution is -0.366. The Hall–Kier alpha value is -5.41. The highest BCUT2D eigenvalue weighted by molar-refractivity contribution is 5.95. The van der Waals surface area contributed by atoms with Crippen LogP contribution in [0.3, 0.4) is 0 Å². The maximum Gasteiger partial charge on any atom is 0.338 e. The van der Waals surface area contributed by atoms with Crippen molar-refractivity contribution in [1.82, 2.24) is 5.32 Å². The predicted octanol–water partition coefficient (Wildman–Crippen LogP) is 1.63. The number of benzene rings is 3. The summed E-state index contributed by atoms with van der Waals surface area (Å²) in [6, 6.07) is 22.7. The first-order valence-electron chi connectivity index (χ1n) is 22.5. The summed E-state index contributed by atoms with van der Waals surface area (Å²) in [5.74, 6) is -6.29. The van der Waals surface area contributed by atoms with Gasteiger partial charge in [-0.25, -0.2) is 9.59 Å². The van der Waals surface area contributed by atoms with E-state index >= 15 is 4.79 Å². The number of hydrogen-bond acceptors (Lipinski definition) is 17. The second-order valence-corrected chi connectivity index (χ2v) is 19.1. The molecule has 18 nitrogen and oxygen atoms in total. The molecule has 2 saturated carbocycles. The fraction of sp³-hybridized carbons (Fsp3) is 0.500. The number of Topliss-reactive ketones (excluding diaryl/α,β-unsaturated/α-hetero) is 1. The van der Waals surface area contributed by atoms with Crippen LogP contribution < -0.4 is 5.32 Å². The SMILES string of the molecule is CC(=O)O[C@@]12CO[C@@H]1C[C@H](OC1OC[C@@H](O)[C@H](O)[C@H]1O)[C@@]1(C)C(=O)[C@H](O)C3=C(C)[C@@H](OC(=O)[C@H](O)[C@@H](NC(=O)c4ccccc4)c4ccccc4)C[C@@](O)([C@@H](OC(=O)c4ccccc4)[C@H]21)C3(C)C. The molecule has 18 heteroatoms. The summed E-state index contributed by atoms with van der Waals surface area (Å²) in [7, 11) is 0. The maximum atomic E-state index is 15.7. The van der Waals surface area contributed by atoms with Gasteiger partial charge < -0.3 is 64.4 Å². The molecule has 4 fully saturated rings. The molecule has 1 amide bonds. The van der Waals surface area contributed by atoms with Crippen molar-refractivity contribution in [3.63, 3.8) is 0 Å². The molecule has 3 aromatic carbocycles. The molecule has 0 radical (unpaired) electrons. The van der Waals surface area contributed by atoms with E-state index in [1.165, 1.54) is 39.8 Å². The lowest BCUT2D eigenvalue weighted by atomic mass is 9.44. The van der Waals surface area contributed by atoms with Gasteiger partial charge in [-0.3, -0.25) is 14.4 Å². The van der Waals surface area contributed by atoms with Gasteiger partial charge in [0, 0.05) is 30.7 Å². The molecule has 3 aromatic rings. The number of hydrogen-bond donors (Lipinski definition) is 7. The van der Waals surface area contributed by atoms with Gasteiger partial charge in [0.15, 0.2) is 23.8 Å². The van der Waals surface area contributed by atoms with Gasteiger partial charge in [-0.05, 0) is 54.8 Å². The zero-order valence-corrected chi connectivity index (χ0v) is 38.1. The quantitative estimate of drug-likeness (QED) is 0.0818. The van der Waals surface area contributed by atoms with Crippen LogP contribution in [0.4, 0.5) is 0 Å². The van der Waals surface area contributed by atoms with Crippen molar-refractivity contribution in [2.75, 3.05) is 13.2 Å². The van der Waals surface area contributed by atoms with E-state index in [9.17, 15) is 49.8 Å². The number of esters is 3. The minimum absolute atomic E-state index is 0.0280. The van der Waals surface area contributed by atoms with E-state index in [0.29, 0.717) is 5.56 Å². The van der Waals surface area contributed by atoms with Crippen molar-refractivity contribution >= 4 is 29.6 Å². The van der Waals surface area contributed by atoms with E-state index in [2.05, 4.69) is 5.32 Å². The molecule has 1 unspecified atom stereocenters. The van der Waals surface area contributed by atoms with Crippen LogP contribution in [0.2, 0.25) is 0 Å². The number of carbonyl (C=O) groups excluding carboxylic acids is 5. The van der Waals surface area contributed by atoms with Gasteiger partial charge in [-0.2, -0.15) is 0 Å². The van der Waals surface area contributed by atoms with Crippen molar-refractivity contribution in [1.29, 1.82) is 0 Å². The molecule has 0 spiro atoms. The molecule has 0 aromatic heterocycles. The normalized spacial score (nSPS) is 36.0. The highest BCUT2D eigenvalue weighted by atomic mass is 16.7. The van der Waals surface area contributed by atoms with Crippen LogP contribution >= 0.6 is 0 Å². The molecule has 3 aliphatic carbocycles. The minimum Gasteiger partial charge on any atom is -0.456 e. The van der Waals surface area contributed by atoms with Crippen LogP contribution in [0.1, 0.15) is 79.8 Å². The molecule has 364 valence electrons. The van der Waals surface area contributed by atoms with Gasteiger partial charge in [0.2, 0.25) is 0 Å². The Balaban J connectivity index is 1.26. The Morgan fingerprint density at radius 2 is 1.43 bits per heavy atom. The summed E-state index contributed by atoms with van der Waals surface area (Å²) in [6.07, 6.45) is -17.8. The van der Waals surface area contributed by atoms with Crippen molar-refractivity contribution in [2.45, 2.75) is 126 Å².